The van der Waals surface area contributed by atoms with E-state index in [-0.39, 0.29) is 28.6 Å². The summed E-state index contributed by atoms with van der Waals surface area (Å²) >= 11 is 0. The minimum Gasteiger partial charge on any atom is -0.325 e. The smallest absolute Gasteiger partial charge is 0.325 e. The predicted molar refractivity (Wildman–Crippen MR) is 129 cm³/mol. The number of anilines is 1. The Morgan fingerprint density at radius 1 is 0.784 bits per heavy atom. The Balaban J connectivity index is 1.69. The minimum absolute atomic E-state index is 0.0357. The highest BCUT2D eigenvalue weighted by atomic mass is 32.2. The molecule has 0 bridgehead atoms. The molecule has 196 valence electrons. The summed E-state index contributed by atoms with van der Waals surface area (Å²) in [4.78, 5) is 13.2. The largest absolute Gasteiger partial charge is 0.416 e. The van der Waals surface area contributed by atoms with E-state index in [4.69, 9.17) is 0 Å². The fraction of sp³-hybridized carbons (Fsp3) is 0.208. The molecule has 13 heteroatoms. The summed E-state index contributed by atoms with van der Waals surface area (Å²) in [6.07, 6.45) is -4.66. The summed E-state index contributed by atoms with van der Waals surface area (Å²) in [6.45, 7) is -1.10. The lowest BCUT2D eigenvalue weighted by Crippen LogP contribution is -2.60. The summed E-state index contributed by atoms with van der Waals surface area (Å²) in [5, 5.41) is 2.32. The molecular weight excluding hydrogens is 531 g/mol. The van der Waals surface area contributed by atoms with Crippen LogP contribution in [0.3, 0.4) is 0 Å². The van der Waals surface area contributed by atoms with E-state index in [1.54, 1.807) is 12.1 Å². The van der Waals surface area contributed by atoms with Gasteiger partial charge in [0, 0.05) is 25.3 Å². The van der Waals surface area contributed by atoms with Crippen molar-refractivity contribution in [3.05, 3.63) is 90.5 Å². The van der Waals surface area contributed by atoms with E-state index in [1.807, 2.05) is 0 Å². The second kappa shape index (κ2) is 10.2. The van der Waals surface area contributed by atoms with Crippen LogP contribution in [0.5, 0.6) is 0 Å². The van der Waals surface area contributed by atoms with Crippen LogP contribution in [0.1, 0.15) is 5.56 Å². The van der Waals surface area contributed by atoms with Gasteiger partial charge < -0.3 is 5.32 Å². The number of carbonyl (C=O) groups excluding carboxylic acids is 1. The van der Waals surface area contributed by atoms with E-state index in [1.165, 1.54) is 54.6 Å². The molecule has 0 radical (unpaired) electrons. The Labute approximate surface area is 212 Å². The molecule has 1 N–H and O–H groups in total. The van der Waals surface area contributed by atoms with Crippen LogP contribution >= 0.6 is 0 Å². The lowest BCUT2D eigenvalue weighted by molar-refractivity contribution is -0.137. The molecule has 1 atom stereocenters. The number of amides is 1. The first kappa shape index (κ1) is 26.8. The maximum Gasteiger partial charge on any atom is 0.416 e. The maximum atomic E-state index is 13.4. The third-order valence-corrected chi connectivity index (χ3v) is 9.59. The van der Waals surface area contributed by atoms with Crippen molar-refractivity contribution < 1.29 is 34.8 Å². The molecule has 1 aliphatic rings. The number of hydrogen-bond acceptors (Lipinski definition) is 5. The standard InChI is InChI=1S/C24H22F3N3O5S2/c25-24(26,27)18-8-7-9-19(16-18)28-23(31)22-17-29(36(32,33)20-10-3-1-4-11-20)14-15-30(22)37(34,35)21-12-5-2-6-13-21/h1-13,16,22H,14-15,17H2,(H,28,31). The molecule has 1 fully saturated rings. The molecule has 1 amide bonds. The van der Waals surface area contributed by atoms with Gasteiger partial charge >= 0.3 is 6.18 Å². The number of sulfonamides is 2. The fourth-order valence-electron chi connectivity index (χ4n) is 3.93. The van der Waals surface area contributed by atoms with Crippen molar-refractivity contribution in [3.63, 3.8) is 0 Å². The number of hydrogen-bond donors (Lipinski definition) is 1. The summed E-state index contributed by atoms with van der Waals surface area (Å²) in [5.74, 6) is -0.966. The van der Waals surface area contributed by atoms with Crippen molar-refractivity contribution in [3.8, 4) is 0 Å². The SMILES string of the molecule is O=C(Nc1cccc(C(F)(F)F)c1)C1CN(S(=O)(=O)c2ccccc2)CCN1S(=O)(=O)c1ccccc1. The van der Waals surface area contributed by atoms with Crippen molar-refractivity contribution in [2.75, 3.05) is 25.0 Å². The van der Waals surface area contributed by atoms with Gasteiger partial charge in [0.25, 0.3) is 0 Å². The zero-order valence-corrected chi connectivity index (χ0v) is 20.8. The molecular formula is C24H22F3N3O5S2. The molecule has 3 aromatic rings. The van der Waals surface area contributed by atoms with Gasteiger partial charge in [-0.2, -0.15) is 21.8 Å². The van der Waals surface area contributed by atoms with E-state index in [0.29, 0.717) is 0 Å². The van der Waals surface area contributed by atoms with Crippen molar-refractivity contribution in [2.24, 2.45) is 0 Å². The fourth-order valence-corrected chi connectivity index (χ4v) is 6.98. The van der Waals surface area contributed by atoms with Crippen LogP contribution in [-0.4, -0.2) is 57.0 Å². The van der Waals surface area contributed by atoms with Crippen LogP contribution in [0.2, 0.25) is 0 Å². The Morgan fingerprint density at radius 3 is 1.92 bits per heavy atom. The van der Waals surface area contributed by atoms with Crippen LogP contribution in [0, 0.1) is 0 Å². The molecule has 1 heterocycles. The number of carbonyl (C=O) groups is 1. The monoisotopic (exact) mass is 553 g/mol. The zero-order chi connectivity index (χ0) is 26.8. The Kier molecular flexibility index (Phi) is 7.42. The number of piperazine rings is 1. The summed E-state index contributed by atoms with van der Waals surface area (Å²) in [5.41, 5.74) is -1.21. The highest BCUT2D eigenvalue weighted by Crippen LogP contribution is 2.31. The van der Waals surface area contributed by atoms with Crippen LogP contribution in [0.15, 0.2) is 94.7 Å². The van der Waals surface area contributed by atoms with Crippen LogP contribution in [0.25, 0.3) is 0 Å². The van der Waals surface area contributed by atoms with Crippen LogP contribution in [0.4, 0.5) is 18.9 Å². The van der Waals surface area contributed by atoms with Gasteiger partial charge in [-0.3, -0.25) is 4.79 Å². The lowest BCUT2D eigenvalue weighted by atomic mass is 10.1. The van der Waals surface area contributed by atoms with Crippen molar-refractivity contribution >= 4 is 31.6 Å². The molecule has 0 aromatic heterocycles. The topological polar surface area (TPSA) is 104 Å². The first-order valence-corrected chi connectivity index (χ1v) is 13.9. The third kappa shape index (κ3) is 5.69. The minimum atomic E-state index is -4.66. The molecule has 1 aliphatic heterocycles. The summed E-state index contributed by atoms with van der Waals surface area (Å²) < 4.78 is 94.5. The molecule has 0 aliphatic carbocycles. The molecule has 4 rings (SSSR count). The number of rotatable bonds is 6. The highest BCUT2D eigenvalue weighted by Gasteiger charge is 2.43. The normalized spacial score (nSPS) is 17.9. The number of nitrogens with zero attached hydrogens (tertiary/aromatic N) is 2. The number of nitrogens with one attached hydrogen (secondary N) is 1. The van der Waals surface area contributed by atoms with Gasteiger partial charge in [-0.25, -0.2) is 16.8 Å². The summed E-state index contributed by atoms with van der Waals surface area (Å²) in [6, 6.07) is 17.1. The molecule has 0 saturated carbocycles. The second-order valence-corrected chi connectivity index (χ2v) is 12.0. The Morgan fingerprint density at radius 2 is 1.35 bits per heavy atom. The van der Waals surface area contributed by atoms with Crippen molar-refractivity contribution in [2.45, 2.75) is 22.0 Å². The van der Waals surface area contributed by atoms with Crippen molar-refractivity contribution in [1.29, 1.82) is 0 Å². The average molecular weight is 554 g/mol. The first-order valence-electron chi connectivity index (χ1n) is 11.0. The highest BCUT2D eigenvalue weighted by molar-refractivity contribution is 7.89. The molecule has 8 nitrogen and oxygen atoms in total. The van der Waals surface area contributed by atoms with E-state index < -0.39 is 50.3 Å². The molecule has 1 unspecified atom stereocenters. The summed E-state index contributed by atoms with van der Waals surface area (Å²) in [7, 11) is -8.32. The number of benzene rings is 3. The van der Waals surface area contributed by atoms with Gasteiger partial charge in [-0.05, 0) is 42.5 Å². The van der Waals surface area contributed by atoms with E-state index in [0.717, 1.165) is 26.8 Å². The quantitative estimate of drug-likeness (QED) is 0.504. The molecule has 0 spiro atoms. The van der Waals surface area contributed by atoms with Gasteiger partial charge in [-0.1, -0.05) is 42.5 Å². The second-order valence-electron chi connectivity index (χ2n) is 8.19. The maximum absolute atomic E-state index is 13.4. The first-order chi connectivity index (χ1) is 17.4. The van der Waals surface area contributed by atoms with Gasteiger partial charge in [0.15, 0.2) is 0 Å². The molecule has 3 aromatic carbocycles. The zero-order valence-electron chi connectivity index (χ0n) is 19.2. The lowest BCUT2D eigenvalue weighted by Gasteiger charge is -2.38. The number of halogens is 3. The van der Waals surface area contributed by atoms with Crippen LogP contribution < -0.4 is 5.32 Å². The third-order valence-electron chi connectivity index (χ3n) is 5.78. The van der Waals surface area contributed by atoms with Crippen LogP contribution in [-0.2, 0) is 31.0 Å². The van der Waals surface area contributed by atoms with Gasteiger partial charge in [-0.15, -0.1) is 0 Å². The molecule has 1 saturated heterocycles. The predicted octanol–water partition coefficient (Wildman–Crippen LogP) is 3.41. The van der Waals surface area contributed by atoms with Crippen molar-refractivity contribution in [1.82, 2.24) is 8.61 Å². The van der Waals surface area contributed by atoms with Gasteiger partial charge in [0.05, 0.1) is 15.4 Å². The van der Waals surface area contributed by atoms with E-state index >= 15 is 0 Å². The molecule has 37 heavy (non-hydrogen) atoms. The van der Waals surface area contributed by atoms with Gasteiger partial charge in [0.2, 0.25) is 26.0 Å². The van der Waals surface area contributed by atoms with E-state index in [2.05, 4.69) is 5.32 Å². The Hall–Kier alpha value is -3.26. The van der Waals surface area contributed by atoms with Gasteiger partial charge in [0.1, 0.15) is 6.04 Å². The number of alkyl halides is 3. The average Bonchev–Trinajstić information content (AvgIpc) is 2.89. The van der Waals surface area contributed by atoms with E-state index in [9.17, 15) is 34.8 Å². The Bertz CT molecular complexity index is 1480.